The highest BCUT2D eigenvalue weighted by molar-refractivity contribution is 5.89. The molecule has 0 fully saturated rings. The maximum absolute atomic E-state index is 5.10. The minimum atomic E-state index is -0.490. The molecule has 0 N–H and O–H groups in total. The lowest BCUT2D eigenvalue weighted by Gasteiger charge is -2.35. The van der Waals surface area contributed by atoms with Crippen molar-refractivity contribution in [2.75, 3.05) is 0 Å². The van der Waals surface area contributed by atoms with Gasteiger partial charge < -0.3 is 0 Å². The second kappa shape index (κ2) is 14.9. The van der Waals surface area contributed by atoms with E-state index in [1.54, 1.807) is 0 Å². The molecule has 8 aromatic rings. The van der Waals surface area contributed by atoms with Gasteiger partial charge in [0.15, 0.2) is 5.82 Å². The van der Waals surface area contributed by atoms with Crippen LogP contribution < -0.4 is 0 Å². The predicted molar refractivity (Wildman–Crippen MR) is 234 cm³/mol. The molecule has 0 aliphatic heterocycles. The van der Waals surface area contributed by atoms with Crippen LogP contribution >= 0.6 is 0 Å². The summed E-state index contributed by atoms with van der Waals surface area (Å²) < 4.78 is 0. The molecule has 0 spiro atoms. The van der Waals surface area contributed by atoms with Gasteiger partial charge in [0.2, 0.25) is 0 Å². The Hall–Kier alpha value is -7.16. The minimum Gasteiger partial charge on any atom is -0.228 e. The molecule has 1 heterocycles. The van der Waals surface area contributed by atoms with E-state index < -0.39 is 5.41 Å². The molecule has 7 aromatic carbocycles. The zero-order valence-corrected chi connectivity index (χ0v) is 31.3. The van der Waals surface area contributed by atoms with Crippen molar-refractivity contribution in [3.63, 3.8) is 0 Å². The summed E-state index contributed by atoms with van der Waals surface area (Å²) >= 11 is 0. The Morgan fingerprint density at radius 3 is 1.57 bits per heavy atom. The van der Waals surface area contributed by atoms with Crippen LogP contribution in [-0.4, -0.2) is 9.97 Å². The molecule has 0 radical (unpaired) electrons. The lowest BCUT2D eigenvalue weighted by Crippen LogP contribution is -2.29. The van der Waals surface area contributed by atoms with Crippen molar-refractivity contribution in [2.24, 2.45) is 0 Å². The Kier molecular flexibility index (Phi) is 9.23. The highest BCUT2D eigenvalue weighted by atomic mass is 14.9. The molecule has 0 saturated heterocycles. The molecule has 1 aromatic heterocycles. The quantitative estimate of drug-likeness (QED) is 0.139. The van der Waals surface area contributed by atoms with E-state index in [2.05, 4.69) is 177 Å². The molecule has 0 amide bonds. The molecule has 1 aliphatic rings. The van der Waals surface area contributed by atoms with Crippen LogP contribution in [0.25, 0.3) is 67.3 Å². The van der Waals surface area contributed by atoms with Gasteiger partial charge in [-0.05, 0) is 86.8 Å². The zero-order valence-electron chi connectivity index (χ0n) is 31.3. The number of rotatable bonds is 9. The molecule has 2 heteroatoms. The molecule has 2 nitrogen and oxygen atoms in total. The fraction of sp³-hybridized carbons (Fsp3) is 0.0370. The fourth-order valence-corrected chi connectivity index (χ4v) is 8.35. The van der Waals surface area contributed by atoms with Crippen LogP contribution in [-0.2, 0) is 5.41 Å². The Bertz CT molecular complexity index is 2700. The van der Waals surface area contributed by atoms with E-state index in [0.717, 1.165) is 44.8 Å². The Morgan fingerprint density at radius 1 is 0.464 bits per heavy atom. The molecule has 56 heavy (non-hydrogen) atoms. The molecular weight excluding hydrogens is 677 g/mol. The van der Waals surface area contributed by atoms with Crippen LogP contribution in [0.15, 0.2) is 225 Å². The van der Waals surface area contributed by atoms with Gasteiger partial charge in [-0.3, -0.25) is 0 Å². The van der Waals surface area contributed by atoms with Crippen molar-refractivity contribution in [3.8, 4) is 67.3 Å². The summed E-state index contributed by atoms with van der Waals surface area (Å²) in [7, 11) is 0. The highest BCUT2D eigenvalue weighted by Crippen LogP contribution is 2.57. The maximum Gasteiger partial charge on any atom is 0.160 e. The summed E-state index contributed by atoms with van der Waals surface area (Å²) in [6.45, 7) is 6.14. The Morgan fingerprint density at radius 2 is 0.964 bits per heavy atom. The Balaban J connectivity index is 1.15. The second-order valence-corrected chi connectivity index (χ2v) is 14.1. The lowest BCUT2D eigenvalue weighted by molar-refractivity contribution is 0.765. The number of hydrogen-bond acceptors (Lipinski definition) is 2. The molecule has 1 atom stereocenters. The van der Waals surface area contributed by atoms with E-state index in [9.17, 15) is 0 Å². The number of nitrogens with zero attached hydrogens (tertiary/aromatic N) is 2. The van der Waals surface area contributed by atoms with Crippen molar-refractivity contribution >= 4 is 0 Å². The minimum absolute atomic E-state index is 0.490. The Labute approximate surface area is 329 Å². The van der Waals surface area contributed by atoms with Crippen LogP contribution in [0.4, 0.5) is 0 Å². The average molecular weight is 717 g/mol. The monoisotopic (exact) mass is 716 g/mol. The predicted octanol–water partition coefficient (Wildman–Crippen LogP) is 13.8. The third-order valence-electron chi connectivity index (χ3n) is 10.9. The SMILES string of the molecule is C=C/C=C\C(=C/C)C1(c2ccccc2)c2ccccc2-c2ccc(-c3cccc(-c4cccc(-c5nc(-c6ccccc6)cc(-c6ccccc6)n5)c4)c3)cc21. The third kappa shape index (κ3) is 6.12. The summed E-state index contributed by atoms with van der Waals surface area (Å²) in [6.07, 6.45) is 8.37. The van der Waals surface area contributed by atoms with Gasteiger partial charge in [0, 0.05) is 16.7 Å². The van der Waals surface area contributed by atoms with Gasteiger partial charge in [-0.1, -0.05) is 195 Å². The van der Waals surface area contributed by atoms with Crippen molar-refractivity contribution in [2.45, 2.75) is 12.3 Å². The van der Waals surface area contributed by atoms with Gasteiger partial charge in [-0.25, -0.2) is 9.97 Å². The number of benzene rings is 7. The average Bonchev–Trinajstić information content (AvgIpc) is 3.58. The number of allylic oxidation sites excluding steroid dienone is 5. The van der Waals surface area contributed by atoms with E-state index in [-0.39, 0.29) is 0 Å². The van der Waals surface area contributed by atoms with E-state index >= 15 is 0 Å². The summed E-state index contributed by atoms with van der Waals surface area (Å²) in [5.41, 5.74) is 16.5. The first-order valence-corrected chi connectivity index (χ1v) is 19.1. The largest absolute Gasteiger partial charge is 0.228 e. The van der Waals surface area contributed by atoms with E-state index in [1.807, 2.05) is 48.6 Å². The van der Waals surface area contributed by atoms with Crippen molar-refractivity contribution in [3.05, 3.63) is 241 Å². The third-order valence-corrected chi connectivity index (χ3v) is 10.9. The number of aromatic nitrogens is 2. The normalized spacial score (nSPS) is 14.7. The van der Waals surface area contributed by atoms with E-state index in [1.165, 1.54) is 39.0 Å². The molecular formula is C54H40N2. The molecule has 0 bridgehead atoms. The van der Waals surface area contributed by atoms with E-state index in [4.69, 9.17) is 9.97 Å². The summed E-state index contributed by atoms with van der Waals surface area (Å²) in [5.74, 6) is 0.698. The van der Waals surface area contributed by atoms with Gasteiger partial charge in [0.1, 0.15) is 0 Å². The van der Waals surface area contributed by atoms with Crippen LogP contribution in [0, 0.1) is 0 Å². The maximum atomic E-state index is 5.10. The van der Waals surface area contributed by atoms with E-state index in [0.29, 0.717) is 5.82 Å². The summed E-state index contributed by atoms with van der Waals surface area (Å²) in [6, 6.07) is 67.0. The lowest BCUT2D eigenvalue weighted by atomic mass is 9.66. The van der Waals surface area contributed by atoms with Crippen LogP contribution in [0.2, 0.25) is 0 Å². The van der Waals surface area contributed by atoms with Crippen LogP contribution in [0.5, 0.6) is 0 Å². The topological polar surface area (TPSA) is 25.8 Å². The molecule has 0 saturated carbocycles. The second-order valence-electron chi connectivity index (χ2n) is 14.1. The standard InChI is InChI=1S/C54H40N2/c1-3-5-27-45(4-2)54(46-28-13-8-14-29-46)49-31-16-15-30-47(49)48-33-32-43(36-50(48)54)41-24-17-23-40(34-41)42-25-18-26-44(35-42)53-55-51(38-19-9-6-10-20-38)37-52(56-53)39-21-11-7-12-22-39/h3-37H,1H2,2H3/b27-5-,45-4+. The van der Waals surface area contributed by atoms with Crippen LogP contribution in [0.1, 0.15) is 23.6 Å². The fourth-order valence-electron chi connectivity index (χ4n) is 8.35. The van der Waals surface area contributed by atoms with Crippen molar-refractivity contribution in [1.82, 2.24) is 9.97 Å². The highest BCUT2D eigenvalue weighted by Gasteiger charge is 2.46. The summed E-state index contributed by atoms with van der Waals surface area (Å²) in [4.78, 5) is 10.2. The van der Waals surface area contributed by atoms with Gasteiger partial charge >= 0.3 is 0 Å². The first-order chi connectivity index (χ1) is 27.7. The smallest absolute Gasteiger partial charge is 0.160 e. The number of fused-ring (bicyclic) bond motifs is 3. The molecule has 1 unspecified atom stereocenters. The zero-order chi connectivity index (χ0) is 37.9. The molecule has 266 valence electrons. The van der Waals surface area contributed by atoms with Crippen molar-refractivity contribution in [1.29, 1.82) is 0 Å². The first-order valence-electron chi connectivity index (χ1n) is 19.1. The van der Waals surface area contributed by atoms with Crippen LogP contribution in [0.3, 0.4) is 0 Å². The van der Waals surface area contributed by atoms with Gasteiger partial charge in [-0.2, -0.15) is 0 Å². The van der Waals surface area contributed by atoms with Gasteiger partial charge in [0.25, 0.3) is 0 Å². The molecule has 1 aliphatic carbocycles. The number of hydrogen-bond donors (Lipinski definition) is 0. The first kappa shape index (κ1) is 34.6. The van der Waals surface area contributed by atoms with Crippen molar-refractivity contribution < 1.29 is 0 Å². The van der Waals surface area contributed by atoms with Gasteiger partial charge in [-0.15, -0.1) is 0 Å². The van der Waals surface area contributed by atoms with Gasteiger partial charge in [0.05, 0.1) is 16.8 Å². The molecule has 9 rings (SSSR count). The summed E-state index contributed by atoms with van der Waals surface area (Å²) in [5, 5.41) is 0.